The van der Waals surface area contributed by atoms with E-state index >= 15 is 0 Å². The molecule has 0 aromatic heterocycles. The van der Waals surface area contributed by atoms with Crippen LogP contribution in [0.25, 0.3) is 0 Å². The molecule has 1 saturated heterocycles. The quantitative estimate of drug-likeness (QED) is 0.911. The fraction of sp³-hybridized carbons (Fsp3) is 0.500. The van der Waals surface area contributed by atoms with Gasteiger partial charge in [0.1, 0.15) is 5.75 Å². The second-order valence-corrected chi connectivity index (χ2v) is 7.86. The predicted octanol–water partition coefficient (Wildman–Crippen LogP) is 1.73. The minimum absolute atomic E-state index is 0.0713. The zero-order valence-electron chi connectivity index (χ0n) is 9.93. The number of ether oxygens (including phenoxy) is 1. The van der Waals surface area contributed by atoms with Crippen LogP contribution in [0.5, 0.6) is 5.75 Å². The molecule has 0 saturated carbocycles. The molecule has 1 aromatic rings. The SMILES string of the molecule is NC1(CCOc2cccc(Br)c2)CCS(=O)(=O)C1. The summed E-state index contributed by atoms with van der Waals surface area (Å²) in [6.45, 7) is 0.433. The fourth-order valence-corrected chi connectivity index (χ4v) is 4.47. The van der Waals surface area contributed by atoms with Crippen molar-refractivity contribution in [2.45, 2.75) is 18.4 Å². The molecule has 6 heteroatoms. The predicted molar refractivity (Wildman–Crippen MR) is 74.4 cm³/mol. The zero-order valence-corrected chi connectivity index (χ0v) is 12.3. The van der Waals surface area contributed by atoms with Gasteiger partial charge in [0.25, 0.3) is 0 Å². The van der Waals surface area contributed by atoms with Crippen LogP contribution in [0.1, 0.15) is 12.8 Å². The third kappa shape index (κ3) is 3.70. The fourth-order valence-electron chi connectivity index (χ4n) is 2.07. The second kappa shape index (κ2) is 5.19. The molecule has 18 heavy (non-hydrogen) atoms. The van der Waals surface area contributed by atoms with Crippen LogP contribution in [0.4, 0.5) is 0 Å². The number of nitrogens with two attached hydrogens (primary N) is 1. The van der Waals surface area contributed by atoms with Gasteiger partial charge in [0.2, 0.25) is 0 Å². The summed E-state index contributed by atoms with van der Waals surface area (Å²) in [5.41, 5.74) is 5.44. The normalized spacial score (nSPS) is 26.1. The van der Waals surface area contributed by atoms with Crippen LogP contribution in [-0.4, -0.2) is 32.1 Å². The van der Waals surface area contributed by atoms with Crippen molar-refractivity contribution in [3.63, 3.8) is 0 Å². The molecule has 1 aliphatic heterocycles. The topological polar surface area (TPSA) is 69.4 Å². The average Bonchev–Trinajstić information content (AvgIpc) is 2.53. The first-order valence-electron chi connectivity index (χ1n) is 5.76. The smallest absolute Gasteiger partial charge is 0.152 e. The monoisotopic (exact) mass is 333 g/mol. The second-order valence-electron chi connectivity index (χ2n) is 4.76. The molecule has 100 valence electrons. The number of halogens is 1. The number of rotatable bonds is 4. The first kappa shape index (κ1) is 13.8. The number of hydrogen-bond donors (Lipinski definition) is 1. The van der Waals surface area contributed by atoms with Crippen LogP contribution in [0.2, 0.25) is 0 Å². The highest BCUT2D eigenvalue weighted by molar-refractivity contribution is 9.10. The Morgan fingerprint density at radius 2 is 2.22 bits per heavy atom. The Labute approximate surface area is 116 Å². The Balaban J connectivity index is 1.86. The van der Waals surface area contributed by atoms with Gasteiger partial charge in [-0.05, 0) is 24.6 Å². The van der Waals surface area contributed by atoms with Crippen molar-refractivity contribution in [2.75, 3.05) is 18.1 Å². The van der Waals surface area contributed by atoms with Crippen molar-refractivity contribution in [1.29, 1.82) is 0 Å². The van der Waals surface area contributed by atoms with Gasteiger partial charge in [-0.1, -0.05) is 22.0 Å². The molecule has 0 amide bonds. The van der Waals surface area contributed by atoms with Crippen molar-refractivity contribution in [3.05, 3.63) is 28.7 Å². The van der Waals surface area contributed by atoms with Gasteiger partial charge >= 0.3 is 0 Å². The average molecular weight is 334 g/mol. The van der Waals surface area contributed by atoms with E-state index in [1.807, 2.05) is 24.3 Å². The Kier molecular flexibility index (Phi) is 3.99. The molecule has 0 aliphatic carbocycles. The maximum absolute atomic E-state index is 11.4. The Bertz CT molecular complexity index is 532. The van der Waals surface area contributed by atoms with E-state index in [1.54, 1.807) is 0 Å². The lowest BCUT2D eigenvalue weighted by Crippen LogP contribution is -2.42. The molecule has 2 rings (SSSR count). The van der Waals surface area contributed by atoms with Gasteiger partial charge in [-0.15, -0.1) is 0 Å². The molecule has 0 spiro atoms. The molecule has 4 nitrogen and oxygen atoms in total. The summed E-state index contributed by atoms with van der Waals surface area (Å²) in [7, 11) is -2.94. The van der Waals surface area contributed by atoms with E-state index in [0.717, 1.165) is 10.2 Å². The lowest BCUT2D eigenvalue weighted by Gasteiger charge is -2.21. The van der Waals surface area contributed by atoms with Crippen LogP contribution < -0.4 is 10.5 Å². The Morgan fingerprint density at radius 3 is 2.83 bits per heavy atom. The van der Waals surface area contributed by atoms with E-state index < -0.39 is 15.4 Å². The van der Waals surface area contributed by atoms with Crippen molar-refractivity contribution >= 4 is 25.8 Å². The molecule has 1 fully saturated rings. The van der Waals surface area contributed by atoms with E-state index in [-0.39, 0.29) is 11.5 Å². The first-order chi connectivity index (χ1) is 8.39. The maximum Gasteiger partial charge on any atom is 0.152 e. The van der Waals surface area contributed by atoms with Gasteiger partial charge in [0.15, 0.2) is 9.84 Å². The number of hydrogen-bond acceptors (Lipinski definition) is 4. The summed E-state index contributed by atoms with van der Waals surface area (Å²) in [5.74, 6) is 1.02. The first-order valence-corrected chi connectivity index (χ1v) is 8.38. The van der Waals surface area contributed by atoms with E-state index in [0.29, 0.717) is 19.4 Å². The molecule has 1 atom stereocenters. The van der Waals surface area contributed by atoms with Crippen molar-refractivity contribution < 1.29 is 13.2 Å². The van der Waals surface area contributed by atoms with Crippen LogP contribution in [0.15, 0.2) is 28.7 Å². The van der Waals surface area contributed by atoms with Crippen LogP contribution in [0, 0.1) is 0 Å². The largest absolute Gasteiger partial charge is 0.493 e. The minimum Gasteiger partial charge on any atom is -0.493 e. The van der Waals surface area contributed by atoms with Crippen molar-refractivity contribution in [3.8, 4) is 5.75 Å². The third-order valence-electron chi connectivity index (χ3n) is 3.08. The maximum atomic E-state index is 11.4. The van der Waals surface area contributed by atoms with Gasteiger partial charge < -0.3 is 10.5 Å². The molecular formula is C12H16BrNO3S. The number of benzene rings is 1. The summed E-state index contributed by atoms with van der Waals surface area (Å²) in [6.07, 6.45) is 1.08. The van der Waals surface area contributed by atoms with Gasteiger partial charge in [0.05, 0.1) is 18.1 Å². The third-order valence-corrected chi connectivity index (χ3v) is 5.42. The highest BCUT2D eigenvalue weighted by atomic mass is 79.9. The molecule has 1 aromatic carbocycles. The van der Waals surface area contributed by atoms with E-state index in [9.17, 15) is 8.42 Å². The Morgan fingerprint density at radius 1 is 1.44 bits per heavy atom. The number of sulfone groups is 1. The van der Waals surface area contributed by atoms with Crippen LogP contribution in [-0.2, 0) is 9.84 Å². The molecular weight excluding hydrogens is 318 g/mol. The summed E-state index contributed by atoms with van der Waals surface area (Å²) >= 11 is 3.36. The lowest BCUT2D eigenvalue weighted by atomic mass is 9.97. The highest BCUT2D eigenvalue weighted by Gasteiger charge is 2.38. The molecule has 1 aliphatic rings. The van der Waals surface area contributed by atoms with E-state index in [1.165, 1.54) is 0 Å². The van der Waals surface area contributed by atoms with Crippen LogP contribution >= 0.6 is 15.9 Å². The molecule has 0 bridgehead atoms. The highest BCUT2D eigenvalue weighted by Crippen LogP contribution is 2.25. The summed E-state index contributed by atoms with van der Waals surface area (Å²) in [5, 5.41) is 0. The van der Waals surface area contributed by atoms with E-state index in [4.69, 9.17) is 10.5 Å². The van der Waals surface area contributed by atoms with Gasteiger partial charge in [0, 0.05) is 16.4 Å². The summed E-state index contributed by atoms with van der Waals surface area (Å²) < 4.78 is 29.3. The van der Waals surface area contributed by atoms with E-state index in [2.05, 4.69) is 15.9 Å². The van der Waals surface area contributed by atoms with Crippen molar-refractivity contribution in [2.24, 2.45) is 5.73 Å². The van der Waals surface area contributed by atoms with Gasteiger partial charge in [-0.3, -0.25) is 0 Å². The summed E-state index contributed by atoms with van der Waals surface area (Å²) in [4.78, 5) is 0. The standard InChI is InChI=1S/C12H16BrNO3S/c13-10-2-1-3-11(8-10)17-6-4-12(14)5-7-18(15,16)9-12/h1-3,8H,4-7,9,14H2. The van der Waals surface area contributed by atoms with Crippen LogP contribution in [0.3, 0.4) is 0 Å². The lowest BCUT2D eigenvalue weighted by molar-refractivity contribution is 0.268. The minimum atomic E-state index is -2.94. The Hall–Kier alpha value is -0.590. The van der Waals surface area contributed by atoms with Gasteiger partial charge in [-0.25, -0.2) is 8.42 Å². The molecule has 0 radical (unpaired) electrons. The zero-order chi connectivity index (χ0) is 13.2. The summed E-state index contributed by atoms with van der Waals surface area (Å²) in [6, 6.07) is 7.53. The molecule has 2 N–H and O–H groups in total. The van der Waals surface area contributed by atoms with Gasteiger partial charge in [-0.2, -0.15) is 0 Å². The molecule has 1 unspecified atom stereocenters. The molecule has 1 heterocycles. The van der Waals surface area contributed by atoms with Crippen molar-refractivity contribution in [1.82, 2.24) is 0 Å².